The van der Waals surface area contributed by atoms with Crippen LogP contribution in [0, 0.1) is 0 Å². The fraction of sp³-hybridized carbons (Fsp3) is 0. The van der Waals surface area contributed by atoms with E-state index in [2.05, 4.69) is 15.3 Å². The quantitative estimate of drug-likeness (QED) is 0.586. The van der Waals surface area contributed by atoms with Crippen molar-refractivity contribution in [3.8, 4) is 11.6 Å². The average Bonchev–Trinajstić information content (AvgIpc) is 2.68. The zero-order chi connectivity index (χ0) is 17.8. The Labute approximate surface area is 150 Å². The second-order valence-corrected chi connectivity index (χ2v) is 5.65. The number of fused-ring (bicyclic) bond motifs is 1. The molecule has 126 valence electrons. The molecular weight excluding hydrogens is 326 g/mol. The van der Waals surface area contributed by atoms with E-state index in [0.29, 0.717) is 22.9 Å². The molecule has 3 aromatic carbocycles. The molecule has 0 aliphatic carbocycles. The first-order chi connectivity index (χ1) is 12.8. The maximum absolute atomic E-state index is 12.7. The van der Waals surface area contributed by atoms with Gasteiger partial charge in [-0.25, -0.2) is 4.98 Å². The first kappa shape index (κ1) is 15.8. The molecule has 0 bridgehead atoms. The third kappa shape index (κ3) is 3.37. The van der Waals surface area contributed by atoms with Crippen molar-refractivity contribution in [1.82, 2.24) is 9.97 Å². The molecule has 0 aliphatic rings. The number of aromatic nitrogens is 2. The zero-order valence-electron chi connectivity index (χ0n) is 13.8. The number of hydrogen-bond acceptors (Lipinski definition) is 4. The van der Waals surface area contributed by atoms with Gasteiger partial charge in [0.05, 0.1) is 6.20 Å². The minimum Gasteiger partial charge on any atom is -0.437 e. The summed E-state index contributed by atoms with van der Waals surface area (Å²) < 4.78 is 5.65. The van der Waals surface area contributed by atoms with Crippen molar-refractivity contribution in [2.75, 3.05) is 5.32 Å². The van der Waals surface area contributed by atoms with Gasteiger partial charge in [0, 0.05) is 29.7 Å². The van der Waals surface area contributed by atoms with Crippen molar-refractivity contribution in [2.45, 2.75) is 0 Å². The number of benzene rings is 3. The van der Waals surface area contributed by atoms with Crippen LogP contribution in [-0.4, -0.2) is 15.9 Å². The highest BCUT2D eigenvalue weighted by Gasteiger charge is 2.10. The molecule has 0 aliphatic heterocycles. The number of ether oxygens (including phenoxy) is 1. The van der Waals surface area contributed by atoms with E-state index in [-0.39, 0.29) is 5.91 Å². The lowest BCUT2D eigenvalue weighted by atomic mass is 10.0. The summed E-state index contributed by atoms with van der Waals surface area (Å²) in [6.07, 6.45) is 4.66. The molecule has 5 heteroatoms. The van der Waals surface area contributed by atoms with Crippen LogP contribution in [0.2, 0.25) is 0 Å². The number of amides is 1. The third-order valence-electron chi connectivity index (χ3n) is 3.89. The van der Waals surface area contributed by atoms with E-state index in [9.17, 15) is 4.79 Å². The monoisotopic (exact) mass is 341 g/mol. The fourth-order valence-electron chi connectivity index (χ4n) is 2.72. The molecule has 1 N–H and O–H groups in total. The average molecular weight is 341 g/mol. The molecule has 0 atom stereocenters. The van der Waals surface area contributed by atoms with Crippen LogP contribution in [-0.2, 0) is 0 Å². The highest BCUT2D eigenvalue weighted by atomic mass is 16.5. The van der Waals surface area contributed by atoms with Crippen molar-refractivity contribution in [3.05, 3.63) is 90.9 Å². The molecule has 1 amide bonds. The van der Waals surface area contributed by atoms with Crippen molar-refractivity contribution in [1.29, 1.82) is 0 Å². The Morgan fingerprint density at radius 1 is 0.923 bits per heavy atom. The van der Waals surface area contributed by atoms with E-state index >= 15 is 0 Å². The lowest BCUT2D eigenvalue weighted by Crippen LogP contribution is -2.12. The highest BCUT2D eigenvalue weighted by Crippen LogP contribution is 2.24. The van der Waals surface area contributed by atoms with E-state index in [1.165, 1.54) is 6.20 Å². The van der Waals surface area contributed by atoms with Gasteiger partial charge in [0.1, 0.15) is 5.75 Å². The van der Waals surface area contributed by atoms with Crippen molar-refractivity contribution in [3.63, 3.8) is 0 Å². The Kier molecular flexibility index (Phi) is 4.26. The number of carbonyl (C=O) groups is 1. The van der Waals surface area contributed by atoms with Crippen molar-refractivity contribution >= 4 is 22.4 Å². The van der Waals surface area contributed by atoms with Gasteiger partial charge in [-0.2, -0.15) is 0 Å². The molecule has 5 nitrogen and oxygen atoms in total. The van der Waals surface area contributed by atoms with Crippen LogP contribution in [0.1, 0.15) is 10.4 Å². The summed E-state index contributed by atoms with van der Waals surface area (Å²) in [5.41, 5.74) is 1.27. The van der Waals surface area contributed by atoms with Gasteiger partial charge in [-0.15, -0.1) is 0 Å². The largest absolute Gasteiger partial charge is 0.437 e. The van der Waals surface area contributed by atoms with Gasteiger partial charge in [-0.05, 0) is 29.0 Å². The lowest BCUT2D eigenvalue weighted by Gasteiger charge is -2.10. The Bertz CT molecular complexity index is 1060. The summed E-state index contributed by atoms with van der Waals surface area (Å²) in [5, 5.41) is 4.87. The van der Waals surface area contributed by atoms with Crippen LogP contribution in [0.4, 0.5) is 5.69 Å². The number of carbonyl (C=O) groups excluding carboxylic acids is 1. The lowest BCUT2D eigenvalue weighted by molar-refractivity contribution is 0.102. The molecule has 0 saturated heterocycles. The molecule has 0 fully saturated rings. The van der Waals surface area contributed by atoms with Crippen LogP contribution < -0.4 is 10.1 Å². The SMILES string of the molecule is O=C(Nc1cccc(Oc2cnccn2)c1)c1cccc2ccccc12. The Hall–Kier alpha value is -3.73. The Morgan fingerprint density at radius 3 is 2.65 bits per heavy atom. The number of nitrogens with zero attached hydrogens (tertiary/aromatic N) is 2. The highest BCUT2D eigenvalue weighted by molar-refractivity contribution is 6.12. The van der Waals surface area contributed by atoms with Crippen LogP contribution in [0.15, 0.2) is 85.3 Å². The number of nitrogens with one attached hydrogen (secondary N) is 1. The predicted octanol–water partition coefficient (Wildman–Crippen LogP) is 4.67. The molecule has 0 saturated carbocycles. The summed E-state index contributed by atoms with van der Waals surface area (Å²) in [6, 6.07) is 20.7. The minimum absolute atomic E-state index is 0.168. The van der Waals surface area contributed by atoms with Crippen LogP contribution >= 0.6 is 0 Å². The maximum atomic E-state index is 12.7. The summed E-state index contributed by atoms with van der Waals surface area (Å²) >= 11 is 0. The standard InChI is InChI=1S/C21H15N3O2/c25-21(19-10-3-6-15-5-1-2-9-18(15)19)24-16-7-4-8-17(13-16)26-20-14-22-11-12-23-20/h1-14H,(H,24,25). The Morgan fingerprint density at radius 2 is 1.77 bits per heavy atom. The topological polar surface area (TPSA) is 64.1 Å². The number of rotatable bonds is 4. The summed E-state index contributed by atoms with van der Waals surface area (Å²) in [7, 11) is 0. The minimum atomic E-state index is -0.168. The first-order valence-electron chi connectivity index (χ1n) is 8.13. The molecular formula is C21H15N3O2. The number of anilines is 1. The summed E-state index contributed by atoms with van der Waals surface area (Å²) in [5.74, 6) is 0.796. The summed E-state index contributed by atoms with van der Waals surface area (Å²) in [4.78, 5) is 20.8. The van der Waals surface area contributed by atoms with E-state index in [1.54, 1.807) is 24.5 Å². The van der Waals surface area contributed by atoms with Gasteiger partial charge in [0.2, 0.25) is 5.88 Å². The predicted molar refractivity (Wildman–Crippen MR) is 100 cm³/mol. The second kappa shape index (κ2) is 7.03. The maximum Gasteiger partial charge on any atom is 0.256 e. The molecule has 0 unspecified atom stereocenters. The number of hydrogen-bond donors (Lipinski definition) is 1. The van der Waals surface area contributed by atoms with Gasteiger partial charge in [0.25, 0.3) is 5.91 Å². The second-order valence-electron chi connectivity index (χ2n) is 5.65. The van der Waals surface area contributed by atoms with Crippen LogP contribution in [0.3, 0.4) is 0 Å². The van der Waals surface area contributed by atoms with E-state index < -0.39 is 0 Å². The van der Waals surface area contributed by atoms with E-state index in [1.807, 2.05) is 54.6 Å². The van der Waals surface area contributed by atoms with Crippen LogP contribution in [0.25, 0.3) is 10.8 Å². The van der Waals surface area contributed by atoms with Gasteiger partial charge in [0.15, 0.2) is 0 Å². The molecule has 1 aromatic heterocycles. The Balaban J connectivity index is 1.57. The molecule has 0 spiro atoms. The molecule has 4 rings (SSSR count). The molecule has 0 radical (unpaired) electrons. The molecule has 4 aromatic rings. The van der Waals surface area contributed by atoms with Crippen molar-refractivity contribution in [2.24, 2.45) is 0 Å². The molecule has 26 heavy (non-hydrogen) atoms. The van der Waals surface area contributed by atoms with Crippen LogP contribution in [0.5, 0.6) is 11.6 Å². The van der Waals surface area contributed by atoms with Gasteiger partial charge in [-0.1, -0.05) is 42.5 Å². The van der Waals surface area contributed by atoms with E-state index in [0.717, 1.165) is 10.8 Å². The first-order valence-corrected chi connectivity index (χ1v) is 8.13. The van der Waals surface area contributed by atoms with Crippen molar-refractivity contribution < 1.29 is 9.53 Å². The fourth-order valence-corrected chi connectivity index (χ4v) is 2.72. The smallest absolute Gasteiger partial charge is 0.256 e. The normalized spacial score (nSPS) is 10.5. The molecule has 1 heterocycles. The van der Waals surface area contributed by atoms with E-state index in [4.69, 9.17) is 4.74 Å². The summed E-state index contributed by atoms with van der Waals surface area (Å²) in [6.45, 7) is 0. The van der Waals surface area contributed by atoms with Gasteiger partial charge < -0.3 is 10.1 Å². The zero-order valence-corrected chi connectivity index (χ0v) is 13.8. The third-order valence-corrected chi connectivity index (χ3v) is 3.89. The van der Waals surface area contributed by atoms with Gasteiger partial charge in [-0.3, -0.25) is 9.78 Å². The van der Waals surface area contributed by atoms with Gasteiger partial charge >= 0.3 is 0 Å².